The monoisotopic (exact) mass is 257 g/mol. The number of hydrogen-bond acceptors (Lipinski definition) is 4. The Morgan fingerprint density at radius 2 is 1.94 bits per heavy atom. The van der Waals surface area contributed by atoms with Crippen LogP contribution in [0.4, 0.5) is 0 Å². The fourth-order valence-electron chi connectivity index (χ4n) is 2.61. The number of hydrogen-bond donors (Lipinski definition) is 1. The van der Waals surface area contributed by atoms with E-state index in [0.717, 1.165) is 12.6 Å². The molecule has 17 heavy (non-hydrogen) atoms. The minimum Gasteiger partial charge on any atom is -0.311 e. The highest BCUT2D eigenvalue weighted by atomic mass is 32.2. The maximum absolute atomic E-state index is 3.75. The summed E-state index contributed by atoms with van der Waals surface area (Å²) < 4.78 is 0. The van der Waals surface area contributed by atoms with Crippen molar-refractivity contribution >= 4 is 11.8 Å². The molecule has 0 aromatic rings. The zero-order valence-electron chi connectivity index (χ0n) is 11.5. The minimum atomic E-state index is 0.300. The van der Waals surface area contributed by atoms with Gasteiger partial charge in [-0.3, -0.25) is 4.90 Å². The number of piperazine rings is 1. The van der Waals surface area contributed by atoms with Crippen LogP contribution in [0, 0.1) is 0 Å². The Morgan fingerprint density at radius 3 is 2.53 bits per heavy atom. The van der Waals surface area contributed by atoms with Gasteiger partial charge in [0.1, 0.15) is 0 Å². The number of nitrogens with zero attached hydrogens (tertiary/aromatic N) is 2. The van der Waals surface area contributed by atoms with Crippen molar-refractivity contribution in [1.29, 1.82) is 0 Å². The van der Waals surface area contributed by atoms with Crippen molar-refractivity contribution < 1.29 is 0 Å². The Bertz CT molecular complexity index is 231. The fourth-order valence-corrected chi connectivity index (χ4v) is 3.80. The average Bonchev–Trinajstić information content (AvgIpc) is 2.80. The van der Waals surface area contributed by atoms with Gasteiger partial charge in [0.25, 0.3) is 0 Å². The van der Waals surface area contributed by atoms with Gasteiger partial charge in [0.15, 0.2) is 0 Å². The zero-order valence-corrected chi connectivity index (χ0v) is 12.4. The highest BCUT2D eigenvalue weighted by Crippen LogP contribution is 2.20. The molecule has 2 saturated heterocycles. The molecule has 0 saturated carbocycles. The van der Waals surface area contributed by atoms with Gasteiger partial charge in [-0.05, 0) is 33.1 Å². The van der Waals surface area contributed by atoms with E-state index in [9.17, 15) is 0 Å². The molecule has 1 N–H and O–H groups in total. The van der Waals surface area contributed by atoms with Gasteiger partial charge < -0.3 is 10.2 Å². The lowest BCUT2D eigenvalue weighted by atomic mass is 10.0. The van der Waals surface area contributed by atoms with Crippen molar-refractivity contribution in [1.82, 2.24) is 15.1 Å². The molecule has 1 unspecified atom stereocenters. The Kier molecular flexibility index (Phi) is 4.75. The van der Waals surface area contributed by atoms with E-state index in [1.807, 2.05) is 0 Å². The zero-order chi connectivity index (χ0) is 12.3. The third-order valence-electron chi connectivity index (χ3n) is 4.11. The summed E-state index contributed by atoms with van der Waals surface area (Å²) in [5.74, 6) is 2.64. The molecule has 2 aliphatic heterocycles. The van der Waals surface area contributed by atoms with Crippen LogP contribution < -0.4 is 5.32 Å². The predicted octanol–water partition coefficient (Wildman–Crippen LogP) is 1.11. The first-order chi connectivity index (χ1) is 8.08. The van der Waals surface area contributed by atoms with E-state index in [0.29, 0.717) is 5.54 Å². The van der Waals surface area contributed by atoms with Crippen LogP contribution in [0.15, 0.2) is 0 Å². The first-order valence-electron chi connectivity index (χ1n) is 6.83. The predicted molar refractivity (Wildman–Crippen MR) is 76.9 cm³/mol. The first-order valence-corrected chi connectivity index (χ1v) is 7.98. The minimum absolute atomic E-state index is 0.300. The quantitative estimate of drug-likeness (QED) is 0.813. The normalized spacial score (nSPS) is 28.8. The lowest BCUT2D eigenvalue weighted by molar-refractivity contribution is 0.0606. The Hall–Kier alpha value is 0.230. The van der Waals surface area contributed by atoms with E-state index in [2.05, 4.69) is 47.8 Å². The van der Waals surface area contributed by atoms with Crippen molar-refractivity contribution in [2.45, 2.75) is 31.8 Å². The Balaban J connectivity index is 1.76. The molecule has 3 nitrogen and oxygen atoms in total. The van der Waals surface area contributed by atoms with Crippen molar-refractivity contribution in [2.75, 3.05) is 51.3 Å². The van der Waals surface area contributed by atoms with Crippen molar-refractivity contribution in [3.63, 3.8) is 0 Å². The van der Waals surface area contributed by atoms with E-state index in [1.165, 1.54) is 44.1 Å². The van der Waals surface area contributed by atoms with Crippen LogP contribution in [0.3, 0.4) is 0 Å². The molecular formula is C13H27N3S. The largest absolute Gasteiger partial charge is 0.311 e. The van der Waals surface area contributed by atoms with Crippen LogP contribution in [0.2, 0.25) is 0 Å². The van der Waals surface area contributed by atoms with Gasteiger partial charge in [-0.2, -0.15) is 11.8 Å². The van der Waals surface area contributed by atoms with Crippen LogP contribution in [0.25, 0.3) is 0 Å². The third kappa shape index (κ3) is 3.85. The number of thioether (sulfide) groups is 1. The molecule has 2 fully saturated rings. The van der Waals surface area contributed by atoms with Gasteiger partial charge in [0, 0.05) is 50.1 Å². The van der Waals surface area contributed by atoms with E-state index < -0.39 is 0 Å². The molecule has 0 amide bonds. The molecule has 0 radical (unpaired) electrons. The Morgan fingerprint density at radius 1 is 1.24 bits per heavy atom. The molecule has 100 valence electrons. The molecule has 0 aliphatic carbocycles. The summed E-state index contributed by atoms with van der Waals surface area (Å²) in [4.78, 5) is 5.07. The van der Waals surface area contributed by atoms with Crippen molar-refractivity contribution in [3.8, 4) is 0 Å². The van der Waals surface area contributed by atoms with E-state index >= 15 is 0 Å². The van der Waals surface area contributed by atoms with Gasteiger partial charge in [0.2, 0.25) is 0 Å². The standard InChI is InChI=1S/C13H27N3S/c1-13(2,11-14-12-4-9-17-10-12)16-7-5-15(3)6-8-16/h12,14H,4-11H2,1-3H3. The molecular weight excluding hydrogens is 230 g/mol. The van der Waals surface area contributed by atoms with Gasteiger partial charge in [0.05, 0.1) is 0 Å². The molecule has 2 heterocycles. The van der Waals surface area contributed by atoms with Gasteiger partial charge in [-0.1, -0.05) is 0 Å². The number of likely N-dealkylation sites (N-methyl/N-ethyl adjacent to an activating group) is 1. The lowest BCUT2D eigenvalue weighted by Gasteiger charge is -2.43. The topological polar surface area (TPSA) is 18.5 Å². The maximum atomic E-state index is 3.75. The van der Waals surface area contributed by atoms with Crippen LogP contribution in [0.5, 0.6) is 0 Å². The first kappa shape index (κ1) is 13.7. The summed E-state index contributed by atoms with van der Waals surface area (Å²) in [6.45, 7) is 10.7. The summed E-state index contributed by atoms with van der Waals surface area (Å²) in [6, 6.07) is 0.756. The van der Waals surface area contributed by atoms with E-state index in [1.54, 1.807) is 0 Å². The van der Waals surface area contributed by atoms with Gasteiger partial charge >= 0.3 is 0 Å². The Labute approximate surface area is 110 Å². The van der Waals surface area contributed by atoms with Crippen LogP contribution in [-0.2, 0) is 0 Å². The lowest BCUT2D eigenvalue weighted by Crippen LogP contribution is -2.58. The summed E-state index contributed by atoms with van der Waals surface area (Å²) in [5, 5.41) is 3.75. The smallest absolute Gasteiger partial charge is 0.0278 e. The van der Waals surface area contributed by atoms with Crippen molar-refractivity contribution in [2.24, 2.45) is 0 Å². The molecule has 0 aromatic carbocycles. The molecule has 2 aliphatic rings. The average molecular weight is 257 g/mol. The fraction of sp³-hybridized carbons (Fsp3) is 1.00. The number of rotatable bonds is 4. The van der Waals surface area contributed by atoms with E-state index in [4.69, 9.17) is 0 Å². The summed E-state index contributed by atoms with van der Waals surface area (Å²) in [6.07, 6.45) is 1.35. The highest BCUT2D eigenvalue weighted by molar-refractivity contribution is 7.99. The summed E-state index contributed by atoms with van der Waals surface area (Å²) in [7, 11) is 2.22. The molecule has 0 bridgehead atoms. The second kappa shape index (κ2) is 5.91. The molecule has 1 atom stereocenters. The highest BCUT2D eigenvalue weighted by Gasteiger charge is 2.29. The maximum Gasteiger partial charge on any atom is 0.0278 e. The van der Waals surface area contributed by atoms with E-state index in [-0.39, 0.29) is 0 Å². The molecule has 4 heteroatoms. The second-order valence-electron chi connectivity index (χ2n) is 6.04. The second-order valence-corrected chi connectivity index (χ2v) is 7.19. The van der Waals surface area contributed by atoms with Crippen LogP contribution in [-0.4, -0.2) is 72.7 Å². The SMILES string of the molecule is CN1CCN(C(C)(C)CNC2CCSC2)CC1. The van der Waals surface area contributed by atoms with Gasteiger partial charge in [-0.25, -0.2) is 0 Å². The molecule has 0 aromatic heterocycles. The molecule has 0 spiro atoms. The summed E-state index contributed by atoms with van der Waals surface area (Å²) >= 11 is 2.09. The number of nitrogens with one attached hydrogen (secondary N) is 1. The van der Waals surface area contributed by atoms with Gasteiger partial charge in [-0.15, -0.1) is 0 Å². The van der Waals surface area contributed by atoms with Crippen molar-refractivity contribution in [3.05, 3.63) is 0 Å². The molecule has 2 rings (SSSR count). The van der Waals surface area contributed by atoms with Crippen LogP contribution in [0.1, 0.15) is 20.3 Å². The van der Waals surface area contributed by atoms with Crippen LogP contribution >= 0.6 is 11.8 Å². The summed E-state index contributed by atoms with van der Waals surface area (Å²) in [5.41, 5.74) is 0.300. The third-order valence-corrected chi connectivity index (χ3v) is 5.27.